The highest BCUT2D eigenvalue weighted by Crippen LogP contribution is 2.24. The second-order valence-electron chi connectivity index (χ2n) is 6.55. The smallest absolute Gasteiger partial charge is 0.417 e. The molecule has 0 aliphatic carbocycles. The first-order chi connectivity index (χ1) is 14.0. The van der Waals surface area contributed by atoms with Crippen LogP contribution in [-0.2, 0) is 20.7 Å². The van der Waals surface area contributed by atoms with Crippen molar-refractivity contribution in [2.24, 2.45) is 0 Å². The molecule has 0 saturated carbocycles. The molecular formula is C21H21BrN2O5. The van der Waals surface area contributed by atoms with E-state index in [2.05, 4.69) is 21.2 Å². The first kappa shape index (κ1) is 20.9. The quantitative estimate of drug-likeness (QED) is 0.653. The molecule has 1 atom stereocenters. The maximum Gasteiger partial charge on any atom is 0.417 e. The molecule has 29 heavy (non-hydrogen) atoms. The average molecular weight is 461 g/mol. The lowest BCUT2D eigenvalue weighted by Gasteiger charge is -2.23. The van der Waals surface area contributed by atoms with E-state index in [9.17, 15) is 14.4 Å². The summed E-state index contributed by atoms with van der Waals surface area (Å²) in [7, 11) is 1.59. The highest BCUT2D eigenvalue weighted by molar-refractivity contribution is 9.10. The van der Waals surface area contributed by atoms with E-state index in [-0.39, 0.29) is 25.5 Å². The number of nitrogens with one attached hydrogen (secondary N) is 1. The molecule has 3 amide bonds. The van der Waals surface area contributed by atoms with Crippen molar-refractivity contribution in [3.63, 3.8) is 0 Å². The normalized spacial score (nSPS) is 14.5. The molecule has 1 saturated heterocycles. The number of rotatable bonds is 8. The molecule has 7 nitrogen and oxygen atoms in total. The molecule has 0 bridgehead atoms. The van der Waals surface area contributed by atoms with Crippen LogP contribution in [0.1, 0.15) is 23.6 Å². The van der Waals surface area contributed by atoms with Crippen molar-refractivity contribution in [2.75, 3.05) is 20.3 Å². The Hall–Kier alpha value is -2.87. The molecule has 0 radical (unpaired) electrons. The van der Waals surface area contributed by atoms with Gasteiger partial charge in [0.25, 0.3) is 5.91 Å². The summed E-state index contributed by atoms with van der Waals surface area (Å²) in [6.07, 6.45) is 0.0268. The Morgan fingerprint density at radius 1 is 1.24 bits per heavy atom. The number of cyclic esters (lactones) is 1. The van der Waals surface area contributed by atoms with E-state index in [0.29, 0.717) is 12.2 Å². The minimum Gasteiger partial charge on any atom is -0.496 e. The van der Waals surface area contributed by atoms with Crippen LogP contribution in [0.4, 0.5) is 4.79 Å². The molecule has 1 fully saturated rings. The lowest BCUT2D eigenvalue weighted by Crippen LogP contribution is -2.40. The molecule has 3 rings (SSSR count). The lowest BCUT2D eigenvalue weighted by molar-refractivity contribution is -0.127. The number of benzene rings is 2. The van der Waals surface area contributed by atoms with Gasteiger partial charge in [0.15, 0.2) is 6.61 Å². The van der Waals surface area contributed by atoms with Crippen LogP contribution in [-0.4, -0.2) is 43.1 Å². The third-order valence-corrected chi connectivity index (χ3v) is 5.10. The minimum absolute atomic E-state index is 0.0215. The number of imide groups is 1. The molecule has 1 aliphatic heterocycles. The number of methoxy groups -OCH3 is 1. The Morgan fingerprint density at radius 2 is 2.00 bits per heavy atom. The number of nitrogens with zero attached hydrogens (tertiary/aromatic N) is 1. The SMILES string of the molecule is COc1ccc(Br)cc1CCC(=O)NC(CN1C(=O)COC1=O)c1ccccc1. The number of hydrogen-bond donors (Lipinski definition) is 1. The Labute approximate surface area is 177 Å². The Kier molecular flexibility index (Phi) is 6.87. The maximum absolute atomic E-state index is 12.6. The van der Waals surface area contributed by atoms with Crippen molar-refractivity contribution in [2.45, 2.75) is 18.9 Å². The summed E-state index contributed by atoms with van der Waals surface area (Å²) in [6, 6.07) is 14.3. The Bertz CT molecular complexity index is 887. The van der Waals surface area contributed by atoms with E-state index in [4.69, 9.17) is 9.47 Å². The van der Waals surface area contributed by atoms with Gasteiger partial charge in [-0.1, -0.05) is 46.3 Å². The van der Waals surface area contributed by atoms with E-state index in [1.165, 1.54) is 0 Å². The molecule has 2 aromatic rings. The number of halogens is 1. The van der Waals surface area contributed by atoms with Crippen LogP contribution in [0.25, 0.3) is 0 Å². The van der Waals surface area contributed by atoms with Gasteiger partial charge in [-0.2, -0.15) is 0 Å². The van der Waals surface area contributed by atoms with Gasteiger partial charge in [-0.05, 0) is 35.7 Å². The topological polar surface area (TPSA) is 84.9 Å². The highest BCUT2D eigenvalue weighted by atomic mass is 79.9. The van der Waals surface area contributed by atoms with Crippen molar-refractivity contribution in [1.82, 2.24) is 10.2 Å². The van der Waals surface area contributed by atoms with Crippen molar-refractivity contribution < 1.29 is 23.9 Å². The van der Waals surface area contributed by atoms with Crippen molar-refractivity contribution >= 4 is 33.8 Å². The number of amides is 3. The van der Waals surface area contributed by atoms with Gasteiger partial charge in [-0.15, -0.1) is 0 Å². The highest BCUT2D eigenvalue weighted by Gasteiger charge is 2.33. The Balaban J connectivity index is 1.69. The van der Waals surface area contributed by atoms with Crippen molar-refractivity contribution in [3.05, 3.63) is 64.1 Å². The third-order valence-electron chi connectivity index (χ3n) is 4.61. The fourth-order valence-corrected chi connectivity index (χ4v) is 3.53. The predicted octanol–water partition coefficient (Wildman–Crippen LogP) is 3.23. The largest absolute Gasteiger partial charge is 0.496 e. The minimum atomic E-state index is -0.691. The van der Waals surface area contributed by atoms with E-state index < -0.39 is 18.0 Å². The van der Waals surface area contributed by atoms with Gasteiger partial charge < -0.3 is 14.8 Å². The number of carbonyl (C=O) groups excluding carboxylic acids is 3. The van der Waals surface area contributed by atoms with E-state index in [1.54, 1.807) is 7.11 Å². The van der Waals surface area contributed by atoms with Crippen LogP contribution >= 0.6 is 15.9 Å². The van der Waals surface area contributed by atoms with Gasteiger partial charge in [-0.3, -0.25) is 9.59 Å². The molecule has 2 aromatic carbocycles. The van der Waals surface area contributed by atoms with E-state index in [1.807, 2.05) is 48.5 Å². The molecule has 0 spiro atoms. The maximum atomic E-state index is 12.6. The number of aryl methyl sites for hydroxylation is 1. The lowest BCUT2D eigenvalue weighted by atomic mass is 10.0. The van der Waals surface area contributed by atoms with E-state index >= 15 is 0 Å². The number of hydrogen-bond acceptors (Lipinski definition) is 5. The second kappa shape index (κ2) is 9.56. The summed E-state index contributed by atoms with van der Waals surface area (Å²) in [6.45, 7) is -0.245. The summed E-state index contributed by atoms with van der Waals surface area (Å²) in [5.41, 5.74) is 1.71. The van der Waals surface area contributed by atoms with Gasteiger partial charge in [-0.25, -0.2) is 9.69 Å². The fraction of sp³-hybridized carbons (Fsp3) is 0.286. The van der Waals surface area contributed by atoms with Crippen LogP contribution in [0, 0.1) is 0 Å². The summed E-state index contributed by atoms with van der Waals surface area (Å²) in [4.78, 5) is 37.4. The van der Waals surface area contributed by atoms with Gasteiger partial charge in [0.1, 0.15) is 5.75 Å². The molecule has 1 N–H and O–H groups in total. The van der Waals surface area contributed by atoms with E-state index in [0.717, 1.165) is 20.5 Å². The van der Waals surface area contributed by atoms with Crippen LogP contribution in [0.2, 0.25) is 0 Å². The predicted molar refractivity (Wildman–Crippen MR) is 109 cm³/mol. The van der Waals surface area contributed by atoms with Crippen LogP contribution in [0.3, 0.4) is 0 Å². The average Bonchev–Trinajstić information content (AvgIpc) is 3.04. The number of ether oxygens (including phenoxy) is 2. The first-order valence-electron chi connectivity index (χ1n) is 9.11. The van der Waals surface area contributed by atoms with Gasteiger partial charge >= 0.3 is 6.09 Å². The zero-order valence-corrected chi connectivity index (χ0v) is 17.5. The molecule has 1 unspecified atom stereocenters. The molecular weight excluding hydrogens is 440 g/mol. The summed E-state index contributed by atoms with van der Waals surface area (Å²) < 4.78 is 11.0. The van der Waals surface area contributed by atoms with Crippen molar-refractivity contribution in [1.29, 1.82) is 0 Å². The third kappa shape index (κ3) is 5.35. The van der Waals surface area contributed by atoms with Gasteiger partial charge in [0.05, 0.1) is 19.7 Å². The molecule has 152 valence electrons. The van der Waals surface area contributed by atoms with Crippen LogP contribution in [0.15, 0.2) is 53.0 Å². The van der Waals surface area contributed by atoms with Gasteiger partial charge in [0, 0.05) is 10.9 Å². The molecule has 1 aliphatic rings. The van der Waals surface area contributed by atoms with Crippen LogP contribution < -0.4 is 10.1 Å². The number of carbonyl (C=O) groups is 3. The van der Waals surface area contributed by atoms with Gasteiger partial charge in [0.2, 0.25) is 5.91 Å². The standard InChI is InChI=1S/C21H21BrN2O5/c1-28-18-9-8-16(22)11-15(18)7-10-19(25)23-17(14-5-3-2-4-6-14)12-24-20(26)13-29-21(24)27/h2-6,8-9,11,17H,7,10,12-13H2,1H3,(H,23,25). The first-order valence-corrected chi connectivity index (χ1v) is 9.91. The summed E-state index contributed by atoms with van der Waals surface area (Å²) >= 11 is 3.43. The zero-order chi connectivity index (χ0) is 20.8. The zero-order valence-electron chi connectivity index (χ0n) is 15.9. The fourth-order valence-electron chi connectivity index (χ4n) is 3.12. The van der Waals surface area contributed by atoms with Crippen LogP contribution in [0.5, 0.6) is 5.75 Å². The monoisotopic (exact) mass is 460 g/mol. The Morgan fingerprint density at radius 3 is 2.66 bits per heavy atom. The summed E-state index contributed by atoms with van der Waals surface area (Å²) in [5.74, 6) is 0.107. The molecule has 0 aromatic heterocycles. The molecule has 1 heterocycles. The van der Waals surface area contributed by atoms with Crippen molar-refractivity contribution in [3.8, 4) is 5.75 Å². The molecule has 8 heteroatoms. The summed E-state index contributed by atoms with van der Waals surface area (Å²) in [5, 5.41) is 2.93. The second-order valence-corrected chi connectivity index (χ2v) is 7.46.